The number of hydrogen-bond acceptors (Lipinski definition) is 7. The van der Waals surface area contributed by atoms with E-state index in [2.05, 4.69) is 10.4 Å². The van der Waals surface area contributed by atoms with Crippen LogP contribution >= 0.6 is 12.2 Å². The Morgan fingerprint density at radius 2 is 2.16 bits per heavy atom. The maximum Gasteiger partial charge on any atom is 0.323 e. The maximum atomic E-state index is 11.9. The van der Waals surface area contributed by atoms with E-state index < -0.39 is 12.1 Å². The zero-order valence-electron chi connectivity index (χ0n) is 14.4. The summed E-state index contributed by atoms with van der Waals surface area (Å²) < 4.78 is 8.40. The Morgan fingerprint density at radius 3 is 2.88 bits per heavy atom. The molecule has 1 aliphatic heterocycles. The van der Waals surface area contributed by atoms with Crippen molar-refractivity contribution in [3.63, 3.8) is 0 Å². The number of aliphatic hydroxyl groups excluding tert-OH is 1. The van der Waals surface area contributed by atoms with Crippen LogP contribution in [0.15, 0.2) is 18.2 Å². The Bertz CT molecular complexity index is 847. The number of β-amino-alcohol motifs (C(OH)–C–C–N with tert-alkyl or cyclic N) is 1. The number of benzene rings is 1. The van der Waals surface area contributed by atoms with E-state index in [9.17, 15) is 9.90 Å². The molecular weight excluding hydrogens is 342 g/mol. The van der Waals surface area contributed by atoms with Gasteiger partial charge < -0.3 is 9.84 Å². The van der Waals surface area contributed by atoms with Gasteiger partial charge in [0.1, 0.15) is 6.04 Å². The first-order chi connectivity index (χ1) is 11.9. The van der Waals surface area contributed by atoms with Gasteiger partial charge in [0, 0.05) is 13.0 Å². The lowest BCUT2D eigenvalue weighted by molar-refractivity contribution is -0.146. The molecule has 1 aromatic carbocycles. The normalized spacial score (nSPS) is 20.8. The van der Waals surface area contributed by atoms with E-state index in [-0.39, 0.29) is 12.6 Å². The number of carbonyl (C=O) groups is 1. The zero-order valence-corrected chi connectivity index (χ0v) is 15.2. The lowest BCUT2D eigenvalue weighted by Gasteiger charge is -2.21. The van der Waals surface area contributed by atoms with Crippen LogP contribution < -0.4 is 0 Å². The Hall–Kier alpha value is -2.10. The van der Waals surface area contributed by atoms with Crippen LogP contribution in [0.5, 0.6) is 0 Å². The minimum absolute atomic E-state index is 0.264. The highest BCUT2D eigenvalue weighted by molar-refractivity contribution is 7.71. The van der Waals surface area contributed by atoms with Crippen LogP contribution in [0, 0.1) is 18.6 Å². The topological polar surface area (TPSA) is 85.4 Å². The molecule has 1 N–H and O–H groups in total. The van der Waals surface area contributed by atoms with E-state index >= 15 is 0 Å². The Labute approximate surface area is 150 Å². The Morgan fingerprint density at radius 1 is 1.40 bits per heavy atom. The molecular formula is C16H21N5O3S. The van der Waals surface area contributed by atoms with Crippen LogP contribution in [0.25, 0.3) is 5.69 Å². The van der Waals surface area contributed by atoms with E-state index in [4.69, 9.17) is 17.0 Å². The van der Waals surface area contributed by atoms with Gasteiger partial charge in [-0.1, -0.05) is 12.1 Å². The van der Waals surface area contributed by atoms with Crippen molar-refractivity contribution in [1.29, 1.82) is 0 Å². The van der Waals surface area contributed by atoms with E-state index in [0.717, 1.165) is 16.8 Å². The van der Waals surface area contributed by atoms with Gasteiger partial charge in [0.2, 0.25) is 4.77 Å². The van der Waals surface area contributed by atoms with Crippen LogP contribution in [0.1, 0.15) is 17.5 Å². The standard InChI is InChI=1S/C16H21N5O3S/c1-10-5-4-6-13(11(10)2)21-16(25)20(17-18-21)9-19-8-12(22)7-14(19)15(23)24-3/h4-6,12,14,22H,7-9H2,1-3H3/t12-,14-/m0/s1. The molecule has 1 fully saturated rings. The van der Waals surface area contributed by atoms with Crippen molar-refractivity contribution >= 4 is 18.2 Å². The second-order valence-electron chi connectivity index (χ2n) is 6.23. The Balaban J connectivity index is 1.88. The minimum atomic E-state index is -0.577. The number of likely N-dealkylation sites (tertiary alicyclic amines) is 1. The summed E-state index contributed by atoms with van der Waals surface area (Å²) in [5.74, 6) is -0.370. The number of nitrogens with zero attached hydrogens (tertiary/aromatic N) is 5. The highest BCUT2D eigenvalue weighted by Gasteiger charge is 2.37. The van der Waals surface area contributed by atoms with Crippen molar-refractivity contribution in [1.82, 2.24) is 24.7 Å². The molecule has 0 radical (unpaired) electrons. The number of tetrazole rings is 1. The zero-order chi connectivity index (χ0) is 18.1. The van der Waals surface area contributed by atoms with Crippen molar-refractivity contribution in [2.45, 2.75) is 39.1 Å². The molecule has 2 heterocycles. The van der Waals surface area contributed by atoms with Gasteiger partial charge in [-0.3, -0.25) is 9.69 Å². The molecule has 9 heteroatoms. The van der Waals surface area contributed by atoms with Gasteiger partial charge in [0.15, 0.2) is 0 Å². The number of aliphatic hydroxyl groups is 1. The molecule has 1 aromatic heterocycles. The van der Waals surface area contributed by atoms with E-state index in [1.54, 1.807) is 14.3 Å². The third-order valence-corrected chi connectivity index (χ3v) is 5.00. The van der Waals surface area contributed by atoms with E-state index in [1.165, 1.54) is 7.11 Å². The molecule has 0 amide bonds. The number of hydrogen-bond donors (Lipinski definition) is 1. The van der Waals surface area contributed by atoms with Gasteiger partial charge >= 0.3 is 5.97 Å². The van der Waals surface area contributed by atoms with Crippen molar-refractivity contribution in [2.24, 2.45) is 0 Å². The summed E-state index contributed by atoms with van der Waals surface area (Å²) in [5.41, 5.74) is 3.10. The third-order valence-electron chi connectivity index (χ3n) is 4.61. The molecule has 0 unspecified atom stereocenters. The summed E-state index contributed by atoms with van der Waals surface area (Å²) in [6.45, 7) is 4.66. The minimum Gasteiger partial charge on any atom is -0.468 e. The van der Waals surface area contributed by atoms with Gasteiger partial charge in [-0.15, -0.1) is 0 Å². The molecule has 1 saturated heterocycles. The SMILES string of the molecule is COC(=O)[C@@H]1C[C@H](O)CN1Cn1nnn(-c2cccc(C)c2C)c1=S. The summed E-state index contributed by atoms with van der Waals surface area (Å²) in [6.07, 6.45) is -0.238. The molecule has 0 saturated carbocycles. The number of carbonyl (C=O) groups excluding carboxylic acids is 1. The van der Waals surface area contributed by atoms with E-state index in [0.29, 0.717) is 17.7 Å². The van der Waals surface area contributed by atoms with Crippen LogP contribution in [0.4, 0.5) is 0 Å². The second kappa shape index (κ2) is 7.03. The predicted octanol–water partition coefficient (Wildman–Crippen LogP) is 0.981. The van der Waals surface area contributed by atoms with Crippen molar-refractivity contribution in [2.75, 3.05) is 13.7 Å². The van der Waals surface area contributed by atoms with Crippen LogP contribution in [-0.4, -0.2) is 61.6 Å². The fourth-order valence-corrected chi connectivity index (χ4v) is 3.30. The fourth-order valence-electron chi connectivity index (χ4n) is 3.07. The number of ether oxygens (including phenoxy) is 1. The first-order valence-electron chi connectivity index (χ1n) is 8.01. The van der Waals surface area contributed by atoms with Gasteiger partial charge in [-0.05, 0) is 53.7 Å². The fraction of sp³-hybridized carbons (Fsp3) is 0.500. The summed E-state index contributed by atoms with van der Waals surface area (Å²) in [6, 6.07) is 5.41. The maximum absolute atomic E-state index is 11.9. The number of methoxy groups -OCH3 is 1. The van der Waals surface area contributed by atoms with Gasteiger partial charge in [0.05, 0.1) is 25.6 Å². The van der Waals surface area contributed by atoms with Gasteiger partial charge in [0.25, 0.3) is 0 Å². The van der Waals surface area contributed by atoms with Crippen molar-refractivity contribution < 1.29 is 14.6 Å². The lowest BCUT2D eigenvalue weighted by atomic mass is 10.1. The summed E-state index contributed by atoms with van der Waals surface area (Å²) in [4.78, 5) is 13.7. The largest absolute Gasteiger partial charge is 0.468 e. The monoisotopic (exact) mass is 363 g/mol. The van der Waals surface area contributed by atoms with Crippen molar-refractivity contribution in [3.8, 4) is 5.69 Å². The first-order valence-corrected chi connectivity index (χ1v) is 8.42. The highest BCUT2D eigenvalue weighted by Crippen LogP contribution is 2.21. The molecule has 25 heavy (non-hydrogen) atoms. The summed E-state index contributed by atoms with van der Waals surface area (Å²) in [7, 11) is 1.34. The average Bonchev–Trinajstić information content (AvgIpc) is 3.13. The second-order valence-corrected chi connectivity index (χ2v) is 6.60. The van der Waals surface area contributed by atoms with Crippen LogP contribution in [0.2, 0.25) is 0 Å². The van der Waals surface area contributed by atoms with E-state index in [1.807, 2.05) is 32.0 Å². The van der Waals surface area contributed by atoms with Gasteiger partial charge in [-0.2, -0.15) is 4.68 Å². The molecule has 134 valence electrons. The number of esters is 1. The summed E-state index contributed by atoms with van der Waals surface area (Å²) >= 11 is 5.50. The molecule has 0 aliphatic carbocycles. The first kappa shape index (κ1) is 17.7. The number of rotatable bonds is 4. The average molecular weight is 363 g/mol. The molecule has 3 rings (SSSR count). The third kappa shape index (κ3) is 3.35. The quantitative estimate of drug-likeness (QED) is 0.640. The number of aryl methyl sites for hydroxylation is 1. The lowest BCUT2D eigenvalue weighted by Crippen LogP contribution is -2.38. The molecule has 0 bridgehead atoms. The smallest absolute Gasteiger partial charge is 0.323 e. The molecule has 2 atom stereocenters. The van der Waals surface area contributed by atoms with Crippen LogP contribution in [-0.2, 0) is 16.2 Å². The van der Waals surface area contributed by atoms with Gasteiger partial charge in [-0.25, -0.2) is 4.68 Å². The highest BCUT2D eigenvalue weighted by atomic mass is 32.1. The molecule has 1 aliphatic rings. The molecule has 2 aromatic rings. The predicted molar refractivity (Wildman–Crippen MR) is 92.8 cm³/mol. The molecule has 8 nitrogen and oxygen atoms in total. The van der Waals surface area contributed by atoms with Crippen molar-refractivity contribution in [3.05, 3.63) is 34.1 Å². The molecule has 0 spiro atoms. The van der Waals surface area contributed by atoms with Crippen LogP contribution in [0.3, 0.4) is 0 Å². The number of aromatic nitrogens is 4. The summed E-state index contributed by atoms with van der Waals surface area (Å²) in [5, 5.41) is 18.2. The Kier molecular flexibility index (Phi) is 4.98.